The summed E-state index contributed by atoms with van der Waals surface area (Å²) in [5.41, 5.74) is 2.25. The first kappa shape index (κ1) is 9.00. The number of rotatable bonds is 3. The summed E-state index contributed by atoms with van der Waals surface area (Å²) in [5, 5.41) is 0. The largest absolute Gasteiger partial charge is 0.493 e. The number of ketones is 1. The van der Waals surface area contributed by atoms with Crippen molar-refractivity contribution in [1.82, 2.24) is 0 Å². The van der Waals surface area contributed by atoms with Crippen LogP contribution in [-0.2, 0) is 17.6 Å². The quantitative estimate of drug-likeness (QED) is 0.677. The van der Waals surface area contributed by atoms with Crippen molar-refractivity contribution in [3.8, 4) is 5.75 Å². The van der Waals surface area contributed by atoms with Crippen LogP contribution in [0, 0.1) is 0 Å². The first-order valence-electron chi connectivity index (χ1n) is 4.69. The molecule has 14 heavy (non-hydrogen) atoms. The van der Waals surface area contributed by atoms with Gasteiger partial charge in [0.15, 0.2) is 5.78 Å². The summed E-state index contributed by atoms with van der Waals surface area (Å²) >= 11 is 0. The molecule has 1 aromatic rings. The van der Waals surface area contributed by atoms with E-state index >= 15 is 0 Å². The molecule has 1 aromatic carbocycles. The minimum atomic E-state index is 0.0591. The maximum absolute atomic E-state index is 11.1. The van der Waals surface area contributed by atoms with Crippen molar-refractivity contribution in [1.29, 1.82) is 0 Å². The highest BCUT2D eigenvalue weighted by Gasteiger charge is 2.12. The monoisotopic (exact) mass is 188 g/mol. The van der Waals surface area contributed by atoms with Crippen molar-refractivity contribution in [2.24, 2.45) is 0 Å². The van der Waals surface area contributed by atoms with Crippen LogP contribution in [0.2, 0.25) is 0 Å². The van der Waals surface area contributed by atoms with E-state index in [1.165, 1.54) is 11.6 Å². The van der Waals surface area contributed by atoms with Crippen LogP contribution in [-0.4, -0.2) is 12.4 Å². The van der Waals surface area contributed by atoms with Gasteiger partial charge in [-0.1, -0.05) is 18.7 Å². The number of fused-ring (bicyclic) bond motifs is 1. The first-order valence-corrected chi connectivity index (χ1v) is 4.69. The standard InChI is InChI=1S/C12H12O2/c1-2-11(13)8-9-3-4-12-10(7-9)5-6-14-12/h2-4,7H,1,5-6,8H2. The zero-order valence-electron chi connectivity index (χ0n) is 7.95. The normalized spacial score (nSPS) is 13.1. The van der Waals surface area contributed by atoms with Crippen LogP contribution in [0.25, 0.3) is 0 Å². The van der Waals surface area contributed by atoms with Gasteiger partial charge in [0.25, 0.3) is 0 Å². The Hall–Kier alpha value is -1.57. The zero-order chi connectivity index (χ0) is 9.97. The molecular formula is C12H12O2. The van der Waals surface area contributed by atoms with Gasteiger partial charge in [-0.3, -0.25) is 4.79 Å². The predicted octanol–water partition coefficient (Wildman–Crippen LogP) is 1.92. The molecule has 0 unspecified atom stereocenters. The SMILES string of the molecule is C=CC(=O)Cc1ccc2c(c1)CCO2. The summed E-state index contributed by atoms with van der Waals surface area (Å²) in [6.07, 6.45) is 2.76. The Morgan fingerprint density at radius 1 is 1.57 bits per heavy atom. The van der Waals surface area contributed by atoms with E-state index in [2.05, 4.69) is 6.58 Å². The first-order chi connectivity index (χ1) is 6.79. The smallest absolute Gasteiger partial charge is 0.159 e. The third-order valence-corrected chi connectivity index (χ3v) is 2.36. The summed E-state index contributed by atoms with van der Waals surface area (Å²) in [5.74, 6) is 1.02. The Morgan fingerprint density at radius 2 is 2.43 bits per heavy atom. The highest BCUT2D eigenvalue weighted by molar-refractivity contribution is 5.90. The lowest BCUT2D eigenvalue weighted by molar-refractivity contribution is -0.114. The van der Waals surface area contributed by atoms with Crippen LogP contribution < -0.4 is 4.74 Å². The maximum atomic E-state index is 11.1. The van der Waals surface area contributed by atoms with E-state index in [0.29, 0.717) is 6.42 Å². The Labute approximate surface area is 83.2 Å². The number of benzene rings is 1. The summed E-state index contributed by atoms with van der Waals surface area (Å²) in [4.78, 5) is 11.1. The molecule has 0 aromatic heterocycles. The fourth-order valence-electron chi connectivity index (χ4n) is 1.62. The molecule has 2 heteroatoms. The average Bonchev–Trinajstić information content (AvgIpc) is 2.64. The summed E-state index contributed by atoms with van der Waals surface area (Å²) in [7, 11) is 0. The maximum Gasteiger partial charge on any atom is 0.159 e. The predicted molar refractivity (Wildman–Crippen MR) is 54.5 cm³/mol. The van der Waals surface area contributed by atoms with Crippen molar-refractivity contribution in [3.05, 3.63) is 42.0 Å². The van der Waals surface area contributed by atoms with Gasteiger partial charge >= 0.3 is 0 Å². The Kier molecular flexibility index (Phi) is 2.35. The number of hydrogen-bond donors (Lipinski definition) is 0. The molecule has 0 bridgehead atoms. The topological polar surface area (TPSA) is 26.3 Å². The number of allylic oxidation sites excluding steroid dienone is 1. The molecule has 0 atom stereocenters. The van der Waals surface area contributed by atoms with Crippen molar-refractivity contribution in [2.45, 2.75) is 12.8 Å². The van der Waals surface area contributed by atoms with Crippen molar-refractivity contribution in [3.63, 3.8) is 0 Å². The second-order valence-electron chi connectivity index (χ2n) is 3.39. The molecule has 0 radical (unpaired) electrons. The molecule has 72 valence electrons. The highest BCUT2D eigenvalue weighted by Crippen LogP contribution is 2.25. The number of carbonyl (C=O) groups excluding carboxylic acids is 1. The van der Waals surface area contributed by atoms with E-state index < -0.39 is 0 Å². The van der Waals surface area contributed by atoms with Gasteiger partial charge in [-0.2, -0.15) is 0 Å². The van der Waals surface area contributed by atoms with Crippen LogP contribution in [0.1, 0.15) is 11.1 Å². The fraction of sp³-hybridized carbons (Fsp3) is 0.250. The number of hydrogen-bond acceptors (Lipinski definition) is 2. The van der Waals surface area contributed by atoms with Crippen LogP contribution in [0.4, 0.5) is 0 Å². The molecule has 0 saturated carbocycles. The Bertz CT molecular complexity index is 380. The van der Waals surface area contributed by atoms with Crippen LogP contribution >= 0.6 is 0 Å². The number of carbonyl (C=O) groups is 1. The van der Waals surface area contributed by atoms with Gasteiger partial charge in [0.05, 0.1) is 6.61 Å². The van der Waals surface area contributed by atoms with Gasteiger partial charge in [0, 0.05) is 12.8 Å². The zero-order valence-corrected chi connectivity index (χ0v) is 7.95. The molecule has 0 fully saturated rings. The van der Waals surface area contributed by atoms with Crippen molar-refractivity contribution >= 4 is 5.78 Å². The molecule has 1 aliphatic rings. The summed E-state index contributed by atoms with van der Waals surface area (Å²) in [6, 6.07) is 5.92. The minimum Gasteiger partial charge on any atom is -0.493 e. The lowest BCUT2D eigenvalue weighted by atomic mass is 10.0. The molecule has 0 amide bonds. The van der Waals surface area contributed by atoms with Crippen molar-refractivity contribution < 1.29 is 9.53 Å². The lowest BCUT2D eigenvalue weighted by Crippen LogP contribution is -1.97. The van der Waals surface area contributed by atoms with Crippen LogP contribution in [0.3, 0.4) is 0 Å². The molecule has 1 aliphatic heterocycles. The van der Waals surface area contributed by atoms with Crippen LogP contribution in [0.15, 0.2) is 30.9 Å². The van der Waals surface area contributed by atoms with Gasteiger partial charge in [-0.05, 0) is 23.3 Å². The average molecular weight is 188 g/mol. The van der Waals surface area contributed by atoms with Crippen LogP contribution in [0.5, 0.6) is 5.75 Å². The molecule has 2 nitrogen and oxygen atoms in total. The Morgan fingerprint density at radius 3 is 3.21 bits per heavy atom. The molecule has 1 heterocycles. The highest BCUT2D eigenvalue weighted by atomic mass is 16.5. The van der Waals surface area contributed by atoms with Gasteiger partial charge < -0.3 is 4.74 Å². The van der Waals surface area contributed by atoms with E-state index in [1.807, 2.05) is 18.2 Å². The van der Waals surface area contributed by atoms with E-state index in [1.54, 1.807) is 0 Å². The van der Waals surface area contributed by atoms with Gasteiger partial charge in [-0.15, -0.1) is 0 Å². The second kappa shape index (κ2) is 3.66. The van der Waals surface area contributed by atoms with E-state index in [4.69, 9.17) is 4.74 Å². The van der Waals surface area contributed by atoms with E-state index in [0.717, 1.165) is 24.3 Å². The molecule has 0 aliphatic carbocycles. The fourth-order valence-corrected chi connectivity index (χ4v) is 1.62. The minimum absolute atomic E-state index is 0.0591. The summed E-state index contributed by atoms with van der Waals surface area (Å²) in [6.45, 7) is 4.21. The summed E-state index contributed by atoms with van der Waals surface area (Å²) < 4.78 is 5.38. The third-order valence-electron chi connectivity index (χ3n) is 2.36. The molecular weight excluding hydrogens is 176 g/mol. The van der Waals surface area contributed by atoms with E-state index in [9.17, 15) is 4.79 Å². The van der Waals surface area contributed by atoms with Crippen molar-refractivity contribution in [2.75, 3.05) is 6.61 Å². The molecule has 0 saturated heterocycles. The Balaban J connectivity index is 2.20. The second-order valence-corrected chi connectivity index (χ2v) is 3.39. The lowest BCUT2D eigenvalue weighted by Gasteiger charge is -2.01. The molecule has 0 spiro atoms. The third kappa shape index (κ3) is 1.69. The molecule has 0 N–H and O–H groups in total. The van der Waals surface area contributed by atoms with Gasteiger partial charge in [-0.25, -0.2) is 0 Å². The van der Waals surface area contributed by atoms with Gasteiger partial charge in [0.1, 0.15) is 5.75 Å². The number of ether oxygens (including phenoxy) is 1. The van der Waals surface area contributed by atoms with E-state index in [-0.39, 0.29) is 5.78 Å². The molecule has 2 rings (SSSR count). The van der Waals surface area contributed by atoms with Gasteiger partial charge in [0.2, 0.25) is 0 Å².